The van der Waals surface area contributed by atoms with Gasteiger partial charge >= 0.3 is 0 Å². The minimum Gasteiger partial charge on any atom is -0.376 e. The molecule has 0 aliphatic carbocycles. The summed E-state index contributed by atoms with van der Waals surface area (Å²) in [6.45, 7) is 1.70. The summed E-state index contributed by atoms with van der Waals surface area (Å²) in [5.41, 5.74) is 0.534. The first-order valence-electron chi connectivity index (χ1n) is 5.64. The van der Waals surface area contributed by atoms with Gasteiger partial charge in [0.25, 0.3) is 0 Å². The van der Waals surface area contributed by atoms with Crippen LogP contribution in [0.1, 0.15) is 18.5 Å². The standard InChI is InChI=1S/C14H11BrF3N/c1-8(9-4-2-3-5-11(9)16)19-14-6-10(15)12(17)7-13(14)18/h2-8,19H,1H3. The first-order chi connectivity index (χ1) is 8.99. The number of nitrogens with one attached hydrogen (secondary N) is 1. The van der Waals surface area contributed by atoms with E-state index in [0.717, 1.165) is 6.07 Å². The zero-order chi connectivity index (χ0) is 14.0. The lowest BCUT2D eigenvalue weighted by Crippen LogP contribution is -2.10. The lowest BCUT2D eigenvalue weighted by molar-refractivity contribution is 0.576. The highest BCUT2D eigenvalue weighted by Crippen LogP contribution is 2.27. The van der Waals surface area contributed by atoms with Crippen molar-refractivity contribution in [1.29, 1.82) is 0 Å². The van der Waals surface area contributed by atoms with Crippen molar-refractivity contribution >= 4 is 21.6 Å². The third-order valence-corrected chi connectivity index (χ3v) is 3.36. The van der Waals surface area contributed by atoms with Gasteiger partial charge in [0.15, 0.2) is 0 Å². The molecule has 1 atom stereocenters. The van der Waals surface area contributed by atoms with Crippen LogP contribution in [-0.4, -0.2) is 0 Å². The van der Waals surface area contributed by atoms with Crippen molar-refractivity contribution in [3.63, 3.8) is 0 Å². The van der Waals surface area contributed by atoms with Gasteiger partial charge in [-0.25, -0.2) is 13.2 Å². The van der Waals surface area contributed by atoms with E-state index in [2.05, 4.69) is 21.2 Å². The molecule has 1 nitrogen and oxygen atoms in total. The van der Waals surface area contributed by atoms with Crippen LogP contribution in [0.25, 0.3) is 0 Å². The maximum atomic E-state index is 13.6. The normalized spacial score (nSPS) is 12.3. The Labute approximate surface area is 117 Å². The Morgan fingerprint density at radius 2 is 1.68 bits per heavy atom. The Balaban J connectivity index is 2.27. The molecule has 0 aliphatic heterocycles. The van der Waals surface area contributed by atoms with Crippen LogP contribution in [0.15, 0.2) is 40.9 Å². The van der Waals surface area contributed by atoms with Crippen molar-refractivity contribution in [3.05, 3.63) is 63.9 Å². The quantitative estimate of drug-likeness (QED) is 0.778. The topological polar surface area (TPSA) is 12.0 Å². The van der Waals surface area contributed by atoms with E-state index in [1.54, 1.807) is 25.1 Å². The molecular formula is C14H11BrF3N. The zero-order valence-electron chi connectivity index (χ0n) is 10.1. The third kappa shape index (κ3) is 3.10. The molecule has 0 spiro atoms. The van der Waals surface area contributed by atoms with Crippen molar-refractivity contribution < 1.29 is 13.2 Å². The maximum absolute atomic E-state index is 13.6. The molecule has 0 aliphatic rings. The SMILES string of the molecule is CC(Nc1cc(Br)c(F)cc1F)c1ccccc1F. The summed E-state index contributed by atoms with van der Waals surface area (Å²) in [4.78, 5) is 0. The van der Waals surface area contributed by atoms with E-state index in [1.165, 1.54) is 12.1 Å². The van der Waals surface area contributed by atoms with Crippen LogP contribution in [0.4, 0.5) is 18.9 Å². The molecule has 19 heavy (non-hydrogen) atoms. The van der Waals surface area contributed by atoms with Crippen LogP contribution in [0.5, 0.6) is 0 Å². The highest BCUT2D eigenvalue weighted by atomic mass is 79.9. The Morgan fingerprint density at radius 1 is 1.00 bits per heavy atom. The molecule has 0 saturated carbocycles. The number of hydrogen-bond acceptors (Lipinski definition) is 1. The molecule has 100 valence electrons. The molecule has 5 heteroatoms. The highest BCUT2D eigenvalue weighted by Gasteiger charge is 2.14. The number of halogens is 4. The maximum Gasteiger partial charge on any atom is 0.149 e. The van der Waals surface area contributed by atoms with E-state index in [0.29, 0.717) is 5.56 Å². The number of hydrogen-bond donors (Lipinski definition) is 1. The van der Waals surface area contributed by atoms with Crippen molar-refractivity contribution in [2.75, 3.05) is 5.32 Å². The lowest BCUT2D eigenvalue weighted by atomic mass is 10.1. The second-order valence-corrected chi connectivity index (χ2v) is 4.99. The van der Waals surface area contributed by atoms with Gasteiger partial charge in [0.05, 0.1) is 16.2 Å². The van der Waals surface area contributed by atoms with Crippen LogP contribution < -0.4 is 5.32 Å². The molecule has 0 aromatic heterocycles. The fourth-order valence-electron chi connectivity index (χ4n) is 1.77. The molecule has 1 N–H and O–H groups in total. The van der Waals surface area contributed by atoms with Crippen molar-refractivity contribution in [2.45, 2.75) is 13.0 Å². The van der Waals surface area contributed by atoms with Crippen LogP contribution in [0, 0.1) is 17.5 Å². The summed E-state index contributed by atoms with van der Waals surface area (Å²) in [6.07, 6.45) is 0. The van der Waals surface area contributed by atoms with Crippen molar-refractivity contribution in [1.82, 2.24) is 0 Å². The van der Waals surface area contributed by atoms with Crippen LogP contribution in [0.2, 0.25) is 0 Å². The van der Waals surface area contributed by atoms with Gasteiger partial charge in [0, 0.05) is 11.6 Å². The molecule has 0 heterocycles. The largest absolute Gasteiger partial charge is 0.376 e. The summed E-state index contributed by atoms with van der Waals surface area (Å²) in [7, 11) is 0. The second-order valence-electron chi connectivity index (χ2n) is 4.13. The predicted molar refractivity (Wildman–Crippen MR) is 72.5 cm³/mol. The Morgan fingerprint density at radius 3 is 2.37 bits per heavy atom. The van der Waals surface area contributed by atoms with Gasteiger partial charge in [-0.15, -0.1) is 0 Å². The van der Waals surface area contributed by atoms with E-state index in [4.69, 9.17) is 0 Å². The molecule has 0 fully saturated rings. The van der Waals surface area contributed by atoms with Gasteiger partial charge < -0.3 is 5.32 Å². The number of rotatable bonds is 3. The van der Waals surface area contributed by atoms with Gasteiger partial charge in [-0.3, -0.25) is 0 Å². The van der Waals surface area contributed by atoms with Gasteiger partial charge in [-0.1, -0.05) is 18.2 Å². The molecule has 0 amide bonds. The Bertz CT molecular complexity index is 601. The van der Waals surface area contributed by atoms with E-state index in [9.17, 15) is 13.2 Å². The van der Waals surface area contributed by atoms with E-state index < -0.39 is 17.7 Å². The minimum atomic E-state index is -0.719. The fourth-order valence-corrected chi connectivity index (χ4v) is 2.11. The average molecular weight is 330 g/mol. The van der Waals surface area contributed by atoms with Crippen LogP contribution in [-0.2, 0) is 0 Å². The zero-order valence-corrected chi connectivity index (χ0v) is 11.6. The van der Waals surface area contributed by atoms with Gasteiger partial charge in [0.2, 0.25) is 0 Å². The van der Waals surface area contributed by atoms with Gasteiger partial charge in [-0.2, -0.15) is 0 Å². The van der Waals surface area contributed by atoms with Crippen molar-refractivity contribution in [3.8, 4) is 0 Å². The van der Waals surface area contributed by atoms with Crippen LogP contribution in [0.3, 0.4) is 0 Å². The van der Waals surface area contributed by atoms with E-state index in [1.807, 2.05) is 0 Å². The van der Waals surface area contributed by atoms with E-state index in [-0.39, 0.29) is 16.0 Å². The summed E-state index contributed by atoms with van der Waals surface area (Å²) in [6, 6.07) is 7.87. The molecule has 2 aromatic rings. The molecule has 1 unspecified atom stereocenters. The first kappa shape index (κ1) is 13.9. The summed E-state index contributed by atoms with van der Waals surface area (Å²) >= 11 is 2.99. The van der Waals surface area contributed by atoms with Crippen LogP contribution >= 0.6 is 15.9 Å². The molecule has 0 bridgehead atoms. The lowest BCUT2D eigenvalue weighted by Gasteiger charge is -2.17. The van der Waals surface area contributed by atoms with Crippen molar-refractivity contribution in [2.24, 2.45) is 0 Å². The third-order valence-electron chi connectivity index (χ3n) is 2.75. The number of benzene rings is 2. The molecule has 2 rings (SSSR count). The summed E-state index contributed by atoms with van der Waals surface area (Å²) in [5.74, 6) is -1.77. The molecule has 0 radical (unpaired) electrons. The Kier molecular flexibility index (Phi) is 4.14. The highest BCUT2D eigenvalue weighted by molar-refractivity contribution is 9.10. The smallest absolute Gasteiger partial charge is 0.149 e. The Hall–Kier alpha value is -1.49. The fraction of sp³-hybridized carbons (Fsp3) is 0.143. The molecule has 0 saturated heterocycles. The molecular weight excluding hydrogens is 319 g/mol. The van der Waals surface area contributed by atoms with Gasteiger partial charge in [0.1, 0.15) is 17.5 Å². The van der Waals surface area contributed by atoms with E-state index >= 15 is 0 Å². The monoisotopic (exact) mass is 329 g/mol. The average Bonchev–Trinajstić information content (AvgIpc) is 2.36. The van der Waals surface area contributed by atoms with Gasteiger partial charge in [-0.05, 0) is 35.0 Å². The minimum absolute atomic E-state index is 0.115. The second kappa shape index (κ2) is 5.65. The first-order valence-corrected chi connectivity index (χ1v) is 6.44. The molecule has 2 aromatic carbocycles. The summed E-state index contributed by atoms with van der Waals surface area (Å²) < 4.78 is 40.4. The summed E-state index contributed by atoms with van der Waals surface area (Å²) in [5, 5.41) is 2.82. The predicted octanol–water partition coefficient (Wildman–Crippen LogP) is 5.04. The number of anilines is 1.